The van der Waals surface area contributed by atoms with Gasteiger partial charge in [-0.15, -0.1) is 0 Å². The molecule has 174 valence electrons. The maximum atomic E-state index is 12.0. The maximum Gasteiger partial charge on any atom is 0.306 e. The fraction of sp³-hybridized carbons (Fsp3) is 0.900. The van der Waals surface area contributed by atoms with E-state index in [1.807, 2.05) is 20.8 Å². The van der Waals surface area contributed by atoms with Crippen molar-refractivity contribution in [3.05, 3.63) is 0 Å². The molecule has 0 aromatic heterocycles. The summed E-state index contributed by atoms with van der Waals surface area (Å²) in [6.45, 7) is 6.81. The lowest BCUT2D eigenvalue weighted by molar-refractivity contribution is -0.161. The van der Waals surface area contributed by atoms with Crippen molar-refractivity contribution in [2.24, 2.45) is 0 Å². The van der Waals surface area contributed by atoms with E-state index in [0.717, 1.165) is 0 Å². The number of rotatable bonds is 12. The standard InChI is InChI=1S/C15H26BNO6.C5H12O2/c1-5-10-13(23-12(19)7-6-11(18)17-3)14(15(16)22-10)21-9(2)8-20-4;1-5(7-3)4-6-2/h9-10,13-15H,5-8H2,1-4H3,(H,17,18);5H,4H2,1-3H3/t9?,10-,13?,14+,15-;/m1./s1. The first-order valence-corrected chi connectivity index (χ1v) is 10.2. The topological polar surface area (TPSA) is 102 Å². The van der Waals surface area contributed by atoms with Crippen LogP contribution >= 0.6 is 0 Å². The molecule has 0 aromatic carbocycles. The summed E-state index contributed by atoms with van der Waals surface area (Å²) >= 11 is 0. The minimum absolute atomic E-state index is 0.00217. The van der Waals surface area contributed by atoms with E-state index < -0.39 is 24.2 Å². The van der Waals surface area contributed by atoms with Gasteiger partial charge < -0.3 is 33.7 Å². The predicted octanol–water partition coefficient (Wildman–Crippen LogP) is 0.816. The number of nitrogens with one attached hydrogen (secondary N) is 1. The van der Waals surface area contributed by atoms with Crippen molar-refractivity contribution in [1.29, 1.82) is 0 Å². The Morgan fingerprint density at radius 2 is 1.63 bits per heavy atom. The lowest BCUT2D eigenvalue weighted by Gasteiger charge is -2.26. The third-order valence-electron chi connectivity index (χ3n) is 4.45. The van der Waals surface area contributed by atoms with Gasteiger partial charge in [0.2, 0.25) is 5.91 Å². The third-order valence-corrected chi connectivity index (χ3v) is 4.45. The summed E-state index contributed by atoms with van der Waals surface area (Å²) < 4.78 is 31.6. The highest BCUT2D eigenvalue weighted by Gasteiger charge is 2.45. The normalized spacial score (nSPS) is 25.0. The smallest absolute Gasteiger partial charge is 0.306 e. The fourth-order valence-electron chi connectivity index (χ4n) is 2.78. The van der Waals surface area contributed by atoms with Crippen molar-refractivity contribution in [3.63, 3.8) is 0 Å². The average Bonchev–Trinajstić information content (AvgIpc) is 3.01. The first-order valence-electron chi connectivity index (χ1n) is 10.2. The van der Waals surface area contributed by atoms with Gasteiger partial charge in [-0.2, -0.15) is 0 Å². The molecule has 10 heteroatoms. The molecular weight excluding hydrogens is 393 g/mol. The lowest BCUT2D eigenvalue weighted by Crippen LogP contribution is -2.41. The molecule has 0 bridgehead atoms. The van der Waals surface area contributed by atoms with Crippen molar-refractivity contribution in [2.75, 3.05) is 41.6 Å². The van der Waals surface area contributed by atoms with Crippen LogP contribution in [-0.2, 0) is 38.0 Å². The van der Waals surface area contributed by atoms with E-state index in [-0.39, 0.29) is 37.1 Å². The summed E-state index contributed by atoms with van der Waals surface area (Å²) in [6.07, 6.45) is -0.735. The quantitative estimate of drug-likeness (QED) is 0.358. The van der Waals surface area contributed by atoms with E-state index in [2.05, 4.69) is 5.32 Å². The number of methoxy groups -OCH3 is 3. The Morgan fingerprint density at radius 1 is 1.03 bits per heavy atom. The number of carbonyl (C=O) groups excluding carboxylic acids is 2. The Balaban J connectivity index is 0.00000103. The molecule has 30 heavy (non-hydrogen) atoms. The first-order chi connectivity index (χ1) is 14.2. The van der Waals surface area contributed by atoms with Gasteiger partial charge in [-0.25, -0.2) is 0 Å². The summed E-state index contributed by atoms with van der Waals surface area (Å²) in [6, 6.07) is -0.670. The molecule has 1 aliphatic rings. The van der Waals surface area contributed by atoms with Crippen LogP contribution in [0.3, 0.4) is 0 Å². The number of esters is 1. The number of carbonyl (C=O) groups is 2. The molecule has 1 saturated heterocycles. The molecule has 1 N–H and O–H groups in total. The number of hydrogen-bond acceptors (Lipinski definition) is 8. The number of ether oxygens (including phenoxy) is 6. The zero-order chi connectivity index (χ0) is 23.1. The van der Waals surface area contributed by atoms with Crippen LogP contribution < -0.4 is 5.32 Å². The average molecular weight is 431 g/mol. The summed E-state index contributed by atoms with van der Waals surface area (Å²) in [5.74, 6) is -0.683. The summed E-state index contributed by atoms with van der Waals surface area (Å²) in [5, 5.41) is 2.46. The molecule has 1 heterocycles. The van der Waals surface area contributed by atoms with Crippen molar-refractivity contribution >= 4 is 19.7 Å². The molecule has 0 spiro atoms. The third kappa shape index (κ3) is 11.3. The highest BCUT2D eigenvalue weighted by atomic mass is 16.6. The Kier molecular flexibility index (Phi) is 15.8. The predicted molar refractivity (Wildman–Crippen MR) is 112 cm³/mol. The molecule has 1 aliphatic heterocycles. The Bertz CT molecular complexity index is 482. The molecule has 9 nitrogen and oxygen atoms in total. The zero-order valence-electron chi connectivity index (χ0n) is 19.3. The van der Waals surface area contributed by atoms with Crippen molar-refractivity contribution in [2.45, 2.75) is 76.6 Å². The molecule has 3 unspecified atom stereocenters. The number of hydrogen-bond donors (Lipinski definition) is 1. The molecule has 2 radical (unpaired) electrons. The first kappa shape index (κ1) is 28.8. The van der Waals surface area contributed by atoms with Crippen LogP contribution in [0.4, 0.5) is 0 Å². The highest BCUT2D eigenvalue weighted by molar-refractivity contribution is 6.11. The maximum absolute atomic E-state index is 12.0. The van der Waals surface area contributed by atoms with Crippen molar-refractivity contribution in [3.8, 4) is 0 Å². The van der Waals surface area contributed by atoms with Crippen LogP contribution in [0.25, 0.3) is 0 Å². The van der Waals surface area contributed by atoms with Gasteiger partial charge in [0.05, 0.1) is 37.9 Å². The Morgan fingerprint density at radius 3 is 2.10 bits per heavy atom. The summed E-state index contributed by atoms with van der Waals surface area (Å²) in [5.41, 5.74) is 0. The molecule has 0 aliphatic carbocycles. The molecule has 1 rings (SSSR count). The van der Waals surface area contributed by atoms with Crippen LogP contribution in [-0.4, -0.2) is 97.8 Å². The van der Waals surface area contributed by atoms with Crippen LogP contribution in [0.2, 0.25) is 0 Å². The molecule has 1 fully saturated rings. The van der Waals surface area contributed by atoms with Crippen LogP contribution in [0.5, 0.6) is 0 Å². The van der Waals surface area contributed by atoms with E-state index in [9.17, 15) is 9.59 Å². The van der Waals surface area contributed by atoms with Gasteiger partial charge in [0, 0.05) is 40.8 Å². The van der Waals surface area contributed by atoms with Crippen LogP contribution in [0, 0.1) is 0 Å². The van der Waals surface area contributed by atoms with E-state index >= 15 is 0 Å². The SMILES string of the molecule is COCC(C)OC.[B][C@@H]1O[C@H](CC)C(OC(=O)CCC(=O)NC)[C@@H]1OC(C)COC. The van der Waals surface area contributed by atoms with Gasteiger partial charge in [-0.1, -0.05) is 6.92 Å². The van der Waals surface area contributed by atoms with Crippen LogP contribution in [0.1, 0.15) is 40.0 Å². The van der Waals surface area contributed by atoms with Gasteiger partial charge in [0.1, 0.15) is 14.0 Å². The molecule has 6 atom stereocenters. The zero-order valence-corrected chi connectivity index (χ0v) is 19.3. The molecule has 0 saturated carbocycles. The summed E-state index contributed by atoms with van der Waals surface area (Å²) in [4.78, 5) is 23.2. The highest BCUT2D eigenvalue weighted by Crippen LogP contribution is 2.28. The number of amides is 1. The van der Waals surface area contributed by atoms with Crippen molar-refractivity contribution < 1.29 is 38.0 Å². The monoisotopic (exact) mass is 431 g/mol. The Hall–Kier alpha value is -1.20. The van der Waals surface area contributed by atoms with Gasteiger partial charge in [0.25, 0.3) is 0 Å². The van der Waals surface area contributed by atoms with Gasteiger partial charge in [-0.3, -0.25) is 9.59 Å². The second-order valence-electron chi connectivity index (χ2n) is 7.04. The van der Waals surface area contributed by atoms with Gasteiger partial charge in [-0.05, 0) is 20.3 Å². The minimum atomic E-state index is -0.670. The second-order valence-corrected chi connectivity index (χ2v) is 7.04. The van der Waals surface area contributed by atoms with Crippen molar-refractivity contribution in [1.82, 2.24) is 5.32 Å². The van der Waals surface area contributed by atoms with E-state index in [1.54, 1.807) is 21.3 Å². The van der Waals surface area contributed by atoms with E-state index in [4.69, 9.17) is 36.3 Å². The minimum Gasteiger partial charge on any atom is -0.457 e. The largest absolute Gasteiger partial charge is 0.457 e. The molecular formula is C20H38BNO8. The molecule has 1 amide bonds. The van der Waals surface area contributed by atoms with Crippen LogP contribution in [0.15, 0.2) is 0 Å². The molecule has 0 aromatic rings. The van der Waals surface area contributed by atoms with Gasteiger partial charge >= 0.3 is 5.97 Å². The van der Waals surface area contributed by atoms with E-state index in [1.165, 1.54) is 7.05 Å². The second kappa shape index (κ2) is 16.5. The van der Waals surface area contributed by atoms with Gasteiger partial charge in [0.15, 0.2) is 6.10 Å². The lowest BCUT2D eigenvalue weighted by atomic mass is 9.92. The Labute approximate surface area is 181 Å². The summed E-state index contributed by atoms with van der Waals surface area (Å²) in [7, 11) is 12.4. The fourth-order valence-corrected chi connectivity index (χ4v) is 2.78. The van der Waals surface area contributed by atoms with E-state index in [0.29, 0.717) is 19.6 Å².